The monoisotopic (exact) mass is 623 g/mol. The van der Waals surface area contributed by atoms with Gasteiger partial charge >= 0.3 is 0 Å². The van der Waals surface area contributed by atoms with Crippen LogP contribution in [0.15, 0.2) is 72.8 Å². The van der Waals surface area contributed by atoms with E-state index in [1.54, 1.807) is 0 Å². The Hall–Kier alpha value is -2.11. The molecule has 0 heterocycles. The Balaban J connectivity index is 0.00000420. The van der Waals surface area contributed by atoms with Crippen molar-refractivity contribution in [3.8, 4) is 22.6 Å². The second-order valence-electron chi connectivity index (χ2n) is 9.26. The summed E-state index contributed by atoms with van der Waals surface area (Å²) in [4.78, 5) is 0. The van der Waals surface area contributed by atoms with Crippen molar-refractivity contribution in [2.75, 3.05) is 19.8 Å². The van der Waals surface area contributed by atoms with E-state index < -0.39 is 0 Å². The first-order valence-corrected chi connectivity index (χ1v) is 13.9. The Bertz CT molecular complexity index is 1370. The minimum atomic E-state index is 0. The SMILES string of the molecule is Cc1cc(Cl)c(OCCOc2ccc(CC(C[NH3+])c3ccc(-c4c(Cl)cccc4Cl)cc3C)cc2)c(Cl)c1.[Cl-]. The molecule has 0 aliphatic rings. The summed E-state index contributed by atoms with van der Waals surface area (Å²) in [5.41, 5.74) is 10.8. The lowest BCUT2D eigenvalue weighted by Crippen LogP contribution is -3.00. The van der Waals surface area contributed by atoms with Crippen molar-refractivity contribution in [3.63, 3.8) is 0 Å². The first kappa shape index (κ1) is 31.4. The van der Waals surface area contributed by atoms with Crippen LogP contribution < -0.4 is 27.6 Å². The van der Waals surface area contributed by atoms with E-state index in [2.05, 4.69) is 43.0 Å². The quantitative estimate of drug-likeness (QED) is 0.233. The van der Waals surface area contributed by atoms with Crippen molar-refractivity contribution >= 4 is 46.4 Å². The summed E-state index contributed by atoms with van der Waals surface area (Å²) in [6.45, 7) is 5.56. The van der Waals surface area contributed by atoms with Crippen LogP contribution in [0.4, 0.5) is 0 Å². The molecule has 8 heteroatoms. The lowest BCUT2D eigenvalue weighted by atomic mass is 9.87. The maximum absolute atomic E-state index is 6.43. The number of hydrogen-bond acceptors (Lipinski definition) is 2. The van der Waals surface area contributed by atoms with Crippen LogP contribution in [0.1, 0.15) is 28.2 Å². The molecule has 39 heavy (non-hydrogen) atoms. The van der Waals surface area contributed by atoms with E-state index in [-0.39, 0.29) is 18.3 Å². The van der Waals surface area contributed by atoms with Crippen LogP contribution >= 0.6 is 46.4 Å². The normalized spacial score (nSPS) is 11.6. The van der Waals surface area contributed by atoms with Gasteiger partial charge in [-0.2, -0.15) is 0 Å². The first-order valence-electron chi connectivity index (χ1n) is 12.4. The van der Waals surface area contributed by atoms with E-state index >= 15 is 0 Å². The Kier molecular flexibility index (Phi) is 11.7. The van der Waals surface area contributed by atoms with Gasteiger partial charge in [-0.3, -0.25) is 0 Å². The van der Waals surface area contributed by atoms with Gasteiger partial charge in [0, 0.05) is 21.5 Å². The number of rotatable bonds is 10. The van der Waals surface area contributed by atoms with Gasteiger partial charge in [0.2, 0.25) is 0 Å². The van der Waals surface area contributed by atoms with E-state index in [0.717, 1.165) is 35.4 Å². The van der Waals surface area contributed by atoms with E-state index in [0.29, 0.717) is 39.1 Å². The summed E-state index contributed by atoms with van der Waals surface area (Å²) in [6, 6.07) is 23.8. The zero-order valence-corrected chi connectivity index (χ0v) is 25.5. The van der Waals surface area contributed by atoms with Crippen molar-refractivity contribution in [2.24, 2.45) is 0 Å². The van der Waals surface area contributed by atoms with Crippen molar-refractivity contribution in [3.05, 3.63) is 115 Å². The molecule has 4 rings (SSSR count). The fourth-order valence-electron chi connectivity index (χ4n) is 4.56. The Labute approximate surface area is 256 Å². The van der Waals surface area contributed by atoms with Gasteiger partial charge in [0.05, 0.1) is 16.6 Å². The predicted molar refractivity (Wildman–Crippen MR) is 159 cm³/mol. The second-order valence-corrected chi connectivity index (χ2v) is 10.9. The molecule has 1 unspecified atom stereocenters. The number of quaternary nitrogens is 1. The molecule has 0 radical (unpaired) electrons. The third kappa shape index (κ3) is 7.98. The molecule has 0 saturated heterocycles. The average Bonchev–Trinajstić information content (AvgIpc) is 2.87. The zero-order chi connectivity index (χ0) is 27.2. The summed E-state index contributed by atoms with van der Waals surface area (Å²) in [5, 5.41) is 2.29. The average molecular weight is 626 g/mol. The van der Waals surface area contributed by atoms with E-state index in [4.69, 9.17) is 55.9 Å². The van der Waals surface area contributed by atoms with Crippen LogP contribution in [0, 0.1) is 13.8 Å². The van der Waals surface area contributed by atoms with Crippen LogP contribution in [0.25, 0.3) is 11.1 Å². The van der Waals surface area contributed by atoms with Crippen LogP contribution in [-0.2, 0) is 6.42 Å². The number of aryl methyl sites for hydroxylation is 2. The maximum Gasteiger partial charge on any atom is 0.156 e. The molecule has 3 nitrogen and oxygen atoms in total. The fourth-order valence-corrected chi connectivity index (χ4v) is 5.89. The predicted octanol–water partition coefficient (Wildman–Crippen LogP) is 5.61. The third-order valence-electron chi connectivity index (χ3n) is 6.46. The maximum atomic E-state index is 6.43. The molecular formula is C31H30Cl5NO2. The first-order chi connectivity index (χ1) is 18.3. The number of halogens is 5. The molecule has 4 aromatic rings. The van der Waals surface area contributed by atoms with Gasteiger partial charge in [0.25, 0.3) is 0 Å². The standard InChI is InChI=1S/C31H29Cl4NO2.ClH/c1-19-14-28(34)31(29(35)15-19)38-13-12-37-24-9-6-21(7-10-24)17-23(18-36)25-11-8-22(16-20(25)2)30-26(32)4-3-5-27(30)33;/h3-11,14-16,23H,12-13,17-18,36H2,1-2H3;1H. The fraction of sp³-hybridized carbons (Fsp3) is 0.226. The van der Waals surface area contributed by atoms with Crippen molar-refractivity contribution in [1.82, 2.24) is 0 Å². The molecule has 1 atom stereocenters. The topological polar surface area (TPSA) is 46.1 Å². The number of hydrogen-bond donors (Lipinski definition) is 1. The van der Waals surface area contributed by atoms with Crippen molar-refractivity contribution < 1.29 is 27.6 Å². The van der Waals surface area contributed by atoms with Crippen LogP contribution in [0.5, 0.6) is 11.5 Å². The Morgan fingerprint density at radius 3 is 1.95 bits per heavy atom. The van der Waals surface area contributed by atoms with Crippen LogP contribution in [0.2, 0.25) is 20.1 Å². The summed E-state index contributed by atoms with van der Waals surface area (Å²) in [7, 11) is 0. The highest BCUT2D eigenvalue weighted by Crippen LogP contribution is 2.37. The molecule has 3 N–H and O–H groups in total. The number of benzene rings is 4. The lowest BCUT2D eigenvalue weighted by molar-refractivity contribution is -0.372. The van der Waals surface area contributed by atoms with E-state index in [1.165, 1.54) is 16.7 Å². The minimum Gasteiger partial charge on any atom is -1.00 e. The van der Waals surface area contributed by atoms with Crippen molar-refractivity contribution in [1.29, 1.82) is 0 Å². The molecule has 206 valence electrons. The highest BCUT2D eigenvalue weighted by atomic mass is 35.5. The van der Waals surface area contributed by atoms with Gasteiger partial charge in [-0.1, -0.05) is 82.8 Å². The summed E-state index contributed by atoms with van der Waals surface area (Å²) >= 11 is 25.3. The van der Waals surface area contributed by atoms with Gasteiger partial charge < -0.3 is 27.6 Å². The largest absolute Gasteiger partial charge is 1.00 e. The molecule has 0 aromatic heterocycles. The number of ether oxygens (including phenoxy) is 2. The van der Waals surface area contributed by atoms with Gasteiger partial charge in [-0.15, -0.1) is 0 Å². The molecule has 0 amide bonds. The van der Waals surface area contributed by atoms with Gasteiger partial charge in [-0.25, -0.2) is 0 Å². The molecule has 0 aliphatic carbocycles. The molecule has 0 spiro atoms. The Morgan fingerprint density at radius 2 is 1.36 bits per heavy atom. The summed E-state index contributed by atoms with van der Waals surface area (Å²) in [5.74, 6) is 1.55. The van der Waals surface area contributed by atoms with Crippen LogP contribution in [-0.4, -0.2) is 19.8 Å². The zero-order valence-electron chi connectivity index (χ0n) is 21.7. The Morgan fingerprint density at radius 1 is 0.744 bits per heavy atom. The van der Waals surface area contributed by atoms with E-state index in [9.17, 15) is 0 Å². The molecule has 4 aromatic carbocycles. The highest BCUT2D eigenvalue weighted by molar-refractivity contribution is 6.39. The summed E-state index contributed by atoms with van der Waals surface area (Å²) in [6.07, 6.45) is 0.879. The molecule has 0 aliphatic heterocycles. The lowest BCUT2D eigenvalue weighted by Gasteiger charge is -2.18. The third-order valence-corrected chi connectivity index (χ3v) is 7.65. The van der Waals surface area contributed by atoms with Gasteiger partial charge in [0.1, 0.15) is 19.0 Å². The smallest absolute Gasteiger partial charge is 0.156 e. The summed E-state index contributed by atoms with van der Waals surface area (Å²) < 4.78 is 11.6. The van der Waals surface area contributed by atoms with Crippen molar-refractivity contribution in [2.45, 2.75) is 26.2 Å². The molecule has 0 fully saturated rings. The highest BCUT2D eigenvalue weighted by Gasteiger charge is 2.17. The minimum absolute atomic E-state index is 0. The van der Waals surface area contributed by atoms with Gasteiger partial charge in [-0.05, 0) is 84.5 Å². The van der Waals surface area contributed by atoms with Crippen LogP contribution in [0.3, 0.4) is 0 Å². The van der Waals surface area contributed by atoms with E-state index in [1.807, 2.05) is 49.4 Å². The second kappa shape index (κ2) is 14.5. The van der Waals surface area contributed by atoms with Gasteiger partial charge in [0.15, 0.2) is 5.75 Å². The molecular weight excluding hydrogens is 596 g/mol. The molecule has 0 saturated carbocycles. The molecule has 0 bridgehead atoms.